The number of halogens is 1. The maximum atomic E-state index is 13.8. The van der Waals surface area contributed by atoms with Crippen LogP contribution in [0, 0.1) is 5.95 Å². The third-order valence-electron chi connectivity index (χ3n) is 4.52. The first-order valence-electron chi connectivity index (χ1n) is 8.29. The Kier molecular flexibility index (Phi) is 3.20. The number of hydrogen-bond donors (Lipinski definition) is 1. The van der Waals surface area contributed by atoms with Gasteiger partial charge in [-0.2, -0.15) is 4.39 Å². The number of aromatic nitrogens is 6. The van der Waals surface area contributed by atoms with Gasteiger partial charge in [0.15, 0.2) is 11.5 Å². The van der Waals surface area contributed by atoms with Crippen LogP contribution in [0.5, 0.6) is 0 Å². The van der Waals surface area contributed by atoms with Crippen LogP contribution < -0.4 is 5.73 Å². The highest BCUT2D eigenvalue weighted by Crippen LogP contribution is 2.33. The molecule has 1 aromatic carbocycles. The van der Waals surface area contributed by atoms with E-state index in [0.29, 0.717) is 17.0 Å². The van der Waals surface area contributed by atoms with E-state index < -0.39 is 5.95 Å². The van der Waals surface area contributed by atoms with Gasteiger partial charge in [0, 0.05) is 25.0 Å². The van der Waals surface area contributed by atoms with Crippen molar-refractivity contribution in [3.05, 3.63) is 61.1 Å². The Labute approximate surface area is 153 Å². The summed E-state index contributed by atoms with van der Waals surface area (Å²) in [4.78, 5) is 17.1. The number of pyridine rings is 1. The van der Waals surface area contributed by atoms with E-state index in [1.807, 2.05) is 34.2 Å². The van der Waals surface area contributed by atoms with E-state index in [9.17, 15) is 4.39 Å². The van der Waals surface area contributed by atoms with Crippen molar-refractivity contribution in [1.29, 1.82) is 0 Å². The van der Waals surface area contributed by atoms with Crippen LogP contribution >= 0.6 is 0 Å². The smallest absolute Gasteiger partial charge is 0.213 e. The molecule has 0 saturated heterocycles. The number of hydrogen-bond acceptors (Lipinski definition) is 5. The molecule has 8 heteroatoms. The van der Waals surface area contributed by atoms with Gasteiger partial charge in [0.1, 0.15) is 5.69 Å². The minimum Gasteiger partial charge on any atom is -0.381 e. The van der Waals surface area contributed by atoms with E-state index in [2.05, 4.69) is 19.9 Å². The van der Waals surface area contributed by atoms with Crippen molar-refractivity contribution < 1.29 is 4.39 Å². The lowest BCUT2D eigenvalue weighted by molar-refractivity contribution is 0.585. The number of nitrogens with two attached hydrogens (primary N) is 1. The molecule has 0 unspecified atom stereocenters. The predicted octanol–water partition coefficient (Wildman–Crippen LogP) is 3.07. The molecule has 0 atom stereocenters. The van der Waals surface area contributed by atoms with Crippen molar-refractivity contribution in [2.24, 2.45) is 7.05 Å². The number of rotatable bonds is 2. The summed E-state index contributed by atoms with van der Waals surface area (Å²) in [6, 6.07) is 10.5. The number of aryl methyl sites for hydroxylation is 1. The molecule has 0 aliphatic carbocycles. The number of nitrogens with zero attached hydrogens (tertiary/aromatic N) is 6. The average Bonchev–Trinajstić information content (AvgIpc) is 3.29. The minimum atomic E-state index is -0.577. The van der Waals surface area contributed by atoms with E-state index in [0.717, 1.165) is 22.3 Å². The number of fused-ring (bicyclic) bond motifs is 2. The molecular weight excluding hydrogens is 345 g/mol. The number of anilines is 1. The molecule has 0 fully saturated rings. The van der Waals surface area contributed by atoms with Gasteiger partial charge >= 0.3 is 0 Å². The van der Waals surface area contributed by atoms with Crippen LogP contribution in [0.2, 0.25) is 0 Å². The molecular formula is C19H14FN7. The lowest BCUT2D eigenvalue weighted by Gasteiger charge is -2.13. The van der Waals surface area contributed by atoms with Crippen LogP contribution in [0.25, 0.3) is 39.3 Å². The Morgan fingerprint density at radius 1 is 1.07 bits per heavy atom. The van der Waals surface area contributed by atoms with Crippen LogP contribution in [-0.2, 0) is 7.05 Å². The van der Waals surface area contributed by atoms with Crippen molar-refractivity contribution in [3.63, 3.8) is 0 Å². The van der Waals surface area contributed by atoms with E-state index >= 15 is 0 Å². The molecule has 0 saturated carbocycles. The van der Waals surface area contributed by atoms with Crippen LogP contribution in [0.1, 0.15) is 0 Å². The fraction of sp³-hybridized carbons (Fsp3) is 0.0526. The van der Waals surface area contributed by atoms with Crippen LogP contribution in [0.15, 0.2) is 55.1 Å². The van der Waals surface area contributed by atoms with E-state index in [1.54, 1.807) is 30.9 Å². The SMILES string of the molecule is Cn1cnc2ccc(-c3c(-c4cccc(F)n4)nc(N)c4nccn34)cc21. The summed E-state index contributed by atoms with van der Waals surface area (Å²) >= 11 is 0. The van der Waals surface area contributed by atoms with E-state index in [1.165, 1.54) is 6.07 Å². The molecule has 0 bridgehead atoms. The Morgan fingerprint density at radius 2 is 1.96 bits per heavy atom. The molecule has 7 nitrogen and oxygen atoms in total. The van der Waals surface area contributed by atoms with Crippen LogP contribution in [-0.4, -0.2) is 28.9 Å². The zero-order valence-corrected chi connectivity index (χ0v) is 14.3. The van der Waals surface area contributed by atoms with Gasteiger partial charge < -0.3 is 10.3 Å². The first-order chi connectivity index (χ1) is 13.1. The van der Waals surface area contributed by atoms with Gasteiger partial charge in [0.05, 0.1) is 28.7 Å². The van der Waals surface area contributed by atoms with Crippen molar-refractivity contribution in [3.8, 4) is 22.6 Å². The van der Waals surface area contributed by atoms with Crippen molar-refractivity contribution in [1.82, 2.24) is 28.9 Å². The predicted molar refractivity (Wildman–Crippen MR) is 100 cm³/mol. The quantitative estimate of drug-likeness (QED) is 0.490. The molecule has 27 heavy (non-hydrogen) atoms. The fourth-order valence-corrected chi connectivity index (χ4v) is 3.28. The van der Waals surface area contributed by atoms with Gasteiger partial charge in [-0.1, -0.05) is 12.1 Å². The van der Waals surface area contributed by atoms with Crippen molar-refractivity contribution >= 4 is 22.5 Å². The summed E-state index contributed by atoms with van der Waals surface area (Å²) in [5, 5.41) is 0. The zero-order valence-electron chi connectivity index (χ0n) is 14.3. The largest absolute Gasteiger partial charge is 0.381 e. The summed E-state index contributed by atoms with van der Waals surface area (Å²) in [6.45, 7) is 0. The Balaban J connectivity index is 1.88. The maximum Gasteiger partial charge on any atom is 0.213 e. The van der Waals surface area contributed by atoms with Gasteiger partial charge in [-0.15, -0.1) is 0 Å². The summed E-state index contributed by atoms with van der Waals surface area (Å²) in [5.74, 6) is -0.321. The summed E-state index contributed by atoms with van der Waals surface area (Å²) in [5.41, 5.74) is 11.0. The fourth-order valence-electron chi connectivity index (χ4n) is 3.28. The van der Waals surface area contributed by atoms with Gasteiger partial charge in [0.2, 0.25) is 5.95 Å². The molecule has 0 aliphatic rings. The van der Waals surface area contributed by atoms with Gasteiger partial charge in [-0.3, -0.25) is 4.40 Å². The second-order valence-corrected chi connectivity index (χ2v) is 6.22. The van der Waals surface area contributed by atoms with Crippen LogP contribution in [0.4, 0.5) is 10.2 Å². The third-order valence-corrected chi connectivity index (χ3v) is 4.52. The van der Waals surface area contributed by atoms with Crippen molar-refractivity contribution in [2.45, 2.75) is 0 Å². The molecule has 5 rings (SSSR count). The second-order valence-electron chi connectivity index (χ2n) is 6.22. The highest BCUT2D eigenvalue weighted by atomic mass is 19.1. The normalized spacial score (nSPS) is 11.5. The molecule has 0 amide bonds. The van der Waals surface area contributed by atoms with Gasteiger partial charge in [-0.25, -0.2) is 19.9 Å². The summed E-state index contributed by atoms with van der Waals surface area (Å²) < 4.78 is 17.5. The first kappa shape index (κ1) is 15.4. The Bertz CT molecular complexity index is 1320. The molecule has 4 aromatic heterocycles. The highest BCUT2D eigenvalue weighted by Gasteiger charge is 2.18. The molecule has 0 radical (unpaired) electrons. The van der Waals surface area contributed by atoms with Crippen molar-refractivity contribution in [2.75, 3.05) is 5.73 Å². The first-order valence-corrected chi connectivity index (χ1v) is 8.29. The van der Waals surface area contributed by atoms with Gasteiger partial charge in [-0.05, 0) is 24.3 Å². The number of nitrogen functional groups attached to an aromatic ring is 1. The third kappa shape index (κ3) is 2.34. The standard InChI is InChI=1S/C19H14FN7/c1-26-10-23-12-6-5-11(9-14(12)26)17-16(13-3-2-4-15(20)24-13)25-18(21)19-22-7-8-27(17)19/h2-10H,1H3,(H2,21,25). The number of imidazole rings is 2. The summed E-state index contributed by atoms with van der Waals surface area (Å²) in [6.07, 6.45) is 5.22. The monoisotopic (exact) mass is 359 g/mol. The highest BCUT2D eigenvalue weighted by molar-refractivity contribution is 5.87. The average molecular weight is 359 g/mol. The second kappa shape index (κ2) is 5.60. The maximum absolute atomic E-state index is 13.8. The van der Waals surface area contributed by atoms with Gasteiger partial charge in [0.25, 0.3) is 0 Å². The van der Waals surface area contributed by atoms with E-state index in [4.69, 9.17) is 5.73 Å². The van der Waals surface area contributed by atoms with E-state index in [-0.39, 0.29) is 5.82 Å². The topological polar surface area (TPSA) is 86.9 Å². The Hall–Kier alpha value is -3.81. The molecule has 132 valence electrons. The van der Waals surface area contributed by atoms with Crippen LogP contribution in [0.3, 0.4) is 0 Å². The summed E-state index contributed by atoms with van der Waals surface area (Å²) in [7, 11) is 1.93. The molecule has 4 heterocycles. The Morgan fingerprint density at radius 3 is 2.81 bits per heavy atom. The molecule has 0 aliphatic heterocycles. The molecule has 5 aromatic rings. The zero-order chi connectivity index (χ0) is 18.5. The molecule has 2 N–H and O–H groups in total. The molecule has 0 spiro atoms. The lowest BCUT2D eigenvalue weighted by atomic mass is 10.1. The lowest BCUT2D eigenvalue weighted by Crippen LogP contribution is -2.05. The minimum absolute atomic E-state index is 0.256. The number of benzene rings is 1.